The number of H-pyrrole nitrogens is 1. The SMILES string of the molecule is C1=CCc2c([nH]c3cc4c(cc23)N=c2cccc(-c3ccccc3)c2=4)=C1. The average molecular weight is 332 g/mol. The van der Waals surface area contributed by atoms with E-state index in [1.165, 1.54) is 43.4 Å². The molecule has 0 atom stereocenters. The molecule has 1 aliphatic carbocycles. The van der Waals surface area contributed by atoms with Crippen molar-refractivity contribution in [3.63, 3.8) is 0 Å². The molecular weight excluding hydrogens is 316 g/mol. The summed E-state index contributed by atoms with van der Waals surface area (Å²) >= 11 is 0. The summed E-state index contributed by atoms with van der Waals surface area (Å²) < 4.78 is 0. The Morgan fingerprint density at radius 1 is 0.923 bits per heavy atom. The van der Waals surface area contributed by atoms with Gasteiger partial charge in [0, 0.05) is 26.7 Å². The predicted molar refractivity (Wildman–Crippen MR) is 106 cm³/mol. The molecule has 1 N–H and O–H groups in total. The van der Waals surface area contributed by atoms with E-state index < -0.39 is 0 Å². The van der Waals surface area contributed by atoms with E-state index >= 15 is 0 Å². The summed E-state index contributed by atoms with van der Waals surface area (Å²) in [5.74, 6) is 0. The lowest BCUT2D eigenvalue weighted by Gasteiger charge is -2.02. The van der Waals surface area contributed by atoms with Crippen molar-refractivity contribution in [1.29, 1.82) is 0 Å². The normalized spacial score (nSPS) is 13.7. The molecule has 2 heterocycles. The minimum atomic E-state index is 0.979. The fourth-order valence-electron chi connectivity index (χ4n) is 4.22. The Morgan fingerprint density at radius 3 is 2.77 bits per heavy atom. The molecule has 1 aromatic heterocycles. The van der Waals surface area contributed by atoms with Gasteiger partial charge in [-0.15, -0.1) is 0 Å². The topological polar surface area (TPSA) is 28.1 Å². The number of nitrogens with zero attached hydrogens (tertiary/aromatic N) is 1. The molecule has 0 fully saturated rings. The van der Waals surface area contributed by atoms with Gasteiger partial charge in [0.25, 0.3) is 0 Å². The Hall–Kier alpha value is -3.39. The van der Waals surface area contributed by atoms with Crippen LogP contribution in [0.2, 0.25) is 0 Å². The van der Waals surface area contributed by atoms with Gasteiger partial charge in [0.05, 0.1) is 11.0 Å². The number of nitrogens with one attached hydrogen (secondary N) is 1. The quantitative estimate of drug-likeness (QED) is 0.475. The number of rotatable bonds is 1. The van der Waals surface area contributed by atoms with Gasteiger partial charge in [0.1, 0.15) is 0 Å². The van der Waals surface area contributed by atoms with Crippen molar-refractivity contribution in [2.24, 2.45) is 4.99 Å². The lowest BCUT2D eigenvalue weighted by Crippen LogP contribution is -2.08. The van der Waals surface area contributed by atoms with Crippen LogP contribution in [0.3, 0.4) is 0 Å². The van der Waals surface area contributed by atoms with Crippen molar-refractivity contribution in [2.45, 2.75) is 6.42 Å². The summed E-state index contributed by atoms with van der Waals surface area (Å²) in [4.78, 5) is 8.53. The molecule has 0 radical (unpaired) electrons. The van der Waals surface area contributed by atoms with Crippen molar-refractivity contribution in [2.75, 3.05) is 0 Å². The summed E-state index contributed by atoms with van der Waals surface area (Å²) in [5.41, 5.74) is 6.12. The predicted octanol–water partition coefficient (Wildman–Crippen LogP) is 4.28. The van der Waals surface area contributed by atoms with Gasteiger partial charge >= 0.3 is 0 Å². The number of allylic oxidation sites excluding steroid dienone is 2. The molecule has 1 aliphatic heterocycles. The van der Waals surface area contributed by atoms with Crippen LogP contribution in [0.25, 0.3) is 28.1 Å². The Bertz CT molecular complexity index is 1440. The molecule has 3 aromatic carbocycles. The maximum Gasteiger partial charge on any atom is 0.0724 e. The second-order valence-corrected chi connectivity index (χ2v) is 6.91. The lowest BCUT2D eigenvalue weighted by molar-refractivity contribution is 1.21. The molecule has 0 unspecified atom stereocenters. The molecule has 0 spiro atoms. The average Bonchev–Trinajstić information content (AvgIpc) is 3.24. The fourth-order valence-corrected chi connectivity index (χ4v) is 4.22. The molecule has 4 aromatic rings. The highest BCUT2D eigenvalue weighted by molar-refractivity contribution is 5.88. The first-order chi connectivity index (χ1) is 12.9. The lowest BCUT2D eigenvalue weighted by atomic mass is 10.0. The standard InChI is InChI=1S/C24H16N2/c1-2-7-15(8-3-1)16-10-6-12-21-24(16)19-14-22-18(13-23(19)26-21)17-9-4-5-11-20(17)25-22/h1-8,10-14,25H,9H2. The molecular formula is C24H16N2. The zero-order valence-corrected chi connectivity index (χ0v) is 14.2. The van der Waals surface area contributed by atoms with Crippen LogP contribution in [-0.4, -0.2) is 4.98 Å². The molecule has 6 rings (SSSR count). The van der Waals surface area contributed by atoms with Crippen LogP contribution in [0, 0.1) is 10.4 Å². The van der Waals surface area contributed by atoms with Gasteiger partial charge in [-0.1, -0.05) is 54.6 Å². The first kappa shape index (κ1) is 13.9. The van der Waals surface area contributed by atoms with Crippen LogP contribution < -0.4 is 10.7 Å². The van der Waals surface area contributed by atoms with Gasteiger partial charge in [-0.05, 0) is 47.4 Å². The van der Waals surface area contributed by atoms with E-state index in [9.17, 15) is 0 Å². The van der Waals surface area contributed by atoms with Crippen LogP contribution >= 0.6 is 0 Å². The van der Waals surface area contributed by atoms with Crippen LogP contribution in [0.15, 0.2) is 77.8 Å². The molecule has 2 aliphatic rings. The van der Waals surface area contributed by atoms with E-state index in [1.54, 1.807) is 0 Å². The van der Waals surface area contributed by atoms with Gasteiger partial charge in [-0.2, -0.15) is 0 Å². The number of hydrogen-bond acceptors (Lipinski definition) is 1. The van der Waals surface area contributed by atoms with Crippen molar-refractivity contribution in [3.05, 3.63) is 99.5 Å². The van der Waals surface area contributed by atoms with E-state index in [2.05, 4.69) is 83.9 Å². The zero-order valence-electron chi connectivity index (χ0n) is 14.2. The molecule has 26 heavy (non-hydrogen) atoms. The van der Waals surface area contributed by atoms with Gasteiger partial charge in [-0.3, -0.25) is 0 Å². The highest BCUT2D eigenvalue weighted by atomic mass is 14.8. The van der Waals surface area contributed by atoms with E-state index in [0.29, 0.717) is 0 Å². The van der Waals surface area contributed by atoms with Crippen molar-refractivity contribution < 1.29 is 0 Å². The number of hydrogen-bond donors (Lipinski definition) is 1. The van der Waals surface area contributed by atoms with E-state index in [0.717, 1.165) is 17.5 Å². The number of benzene rings is 3. The van der Waals surface area contributed by atoms with Crippen LogP contribution in [0.4, 0.5) is 5.69 Å². The van der Waals surface area contributed by atoms with Crippen molar-refractivity contribution in [3.8, 4) is 11.1 Å². The minimum absolute atomic E-state index is 0.979. The third-order valence-electron chi connectivity index (χ3n) is 5.41. The summed E-state index contributed by atoms with van der Waals surface area (Å²) in [6.07, 6.45) is 7.47. The Kier molecular flexibility index (Phi) is 2.69. The summed E-state index contributed by atoms with van der Waals surface area (Å²) in [6, 6.07) is 21.5. The maximum atomic E-state index is 4.94. The maximum absolute atomic E-state index is 4.94. The first-order valence-corrected chi connectivity index (χ1v) is 8.97. The molecule has 2 nitrogen and oxygen atoms in total. The van der Waals surface area contributed by atoms with Crippen LogP contribution in [0.5, 0.6) is 0 Å². The fraction of sp³-hybridized carbons (Fsp3) is 0.0417. The van der Waals surface area contributed by atoms with Crippen LogP contribution in [0.1, 0.15) is 5.56 Å². The summed E-state index contributed by atoms with van der Waals surface area (Å²) in [6.45, 7) is 0. The summed E-state index contributed by atoms with van der Waals surface area (Å²) in [7, 11) is 0. The van der Waals surface area contributed by atoms with Gasteiger partial charge < -0.3 is 4.98 Å². The third-order valence-corrected chi connectivity index (χ3v) is 5.41. The molecule has 2 heteroatoms. The zero-order chi connectivity index (χ0) is 17.1. The summed E-state index contributed by atoms with van der Waals surface area (Å²) in [5, 5.41) is 6.04. The van der Waals surface area contributed by atoms with E-state index in [4.69, 9.17) is 4.99 Å². The monoisotopic (exact) mass is 332 g/mol. The van der Waals surface area contributed by atoms with Crippen molar-refractivity contribution in [1.82, 2.24) is 4.98 Å². The molecule has 0 bridgehead atoms. The largest absolute Gasteiger partial charge is 0.355 e. The second-order valence-electron chi connectivity index (χ2n) is 6.91. The van der Waals surface area contributed by atoms with Gasteiger partial charge in [0.2, 0.25) is 0 Å². The third kappa shape index (κ3) is 1.84. The van der Waals surface area contributed by atoms with Gasteiger partial charge in [-0.25, -0.2) is 4.99 Å². The minimum Gasteiger partial charge on any atom is -0.355 e. The smallest absolute Gasteiger partial charge is 0.0724 e. The molecule has 122 valence electrons. The highest BCUT2D eigenvalue weighted by Gasteiger charge is 2.14. The number of fused-ring (bicyclic) bond motifs is 5. The number of aromatic amines is 1. The molecule has 0 saturated heterocycles. The Labute approximate surface area is 150 Å². The highest BCUT2D eigenvalue weighted by Crippen LogP contribution is 2.29. The Balaban J connectivity index is 1.77. The second kappa shape index (κ2) is 5.06. The van der Waals surface area contributed by atoms with Crippen LogP contribution in [-0.2, 0) is 6.42 Å². The number of aromatic nitrogens is 1. The molecule has 0 amide bonds. The van der Waals surface area contributed by atoms with E-state index in [-0.39, 0.29) is 0 Å². The Morgan fingerprint density at radius 2 is 1.85 bits per heavy atom. The first-order valence-electron chi connectivity index (χ1n) is 8.97. The van der Waals surface area contributed by atoms with Crippen molar-refractivity contribution >= 4 is 22.7 Å². The van der Waals surface area contributed by atoms with Gasteiger partial charge in [0.15, 0.2) is 0 Å². The molecule has 0 saturated carbocycles. The van der Waals surface area contributed by atoms with E-state index in [1.807, 2.05) is 0 Å².